The molecular formula is C26H27N. The van der Waals surface area contributed by atoms with Gasteiger partial charge in [-0.05, 0) is 52.3 Å². The Hall–Kier alpha value is -2.54. The van der Waals surface area contributed by atoms with Gasteiger partial charge in [0.05, 0.1) is 16.6 Å². The number of para-hydroxylation sites is 1. The minimum Gasteiger partial charge on any atom is -0.308 e. The van der Waals surface area contributed by atoms with E-state index in [4.69, 9.17) is 0 Å². The van der Waals surface area contributed by atoms with Crippen LogP contribution in [0.2, 0.25) is 0 Å². The van der Waals surface area contributed by atoms with Crippen molar-refractivity contribution in [2.75, 3.05) is 0 Å². The monoisotopic (exact) mass is 353 g/mol. The fourth-order valence-corrected chi connectivity index (χ4v) is 4.40. The molecule has 0 N–H and O–H groups in total. The van der Waals surface area contributed by atoms with Crippen LogP contribution in [-0.2, 0) is 10.8 Å². The summed E-state index contributed by atoms with van der Waals surface area (Å²) >= 11 is 0. The van der Waals surface area contributed by atoms with E-state index in [9.17, 15) is 0 Å². The van der Waals surface area contributed by atoms with Crippen LogP contribution in [0.1, 0.15) is 52.7 Å². The normalized spacial score (nSPS) is 13.6. The van der Waals surface area contributed by atoms with Crippen LogP contribution >= 0.6 is 0 Å². The first-order chi connectivity index (χ1) is 12.7. The van der Waals surface area contributed by atoms with Crippen molar-refractivity contribution in [3.63, 3.8) is 0 Å². The van der Waals surface area contributed by atoms with Crippen LogP contribution in [0.3, 0.4) is 0 Å². The summed E-state index contributed by atoms with van der Waals surface area (Å²) in [5.74, 6) is 0. The number of rotatable bonds is 0. The van der Waals surface area contributed by atoms with E-state index in [1.807, 2.05) is 0 Å². The zero-order chi connectivity index (χ0) is 19.1. The highest BCUT2D eigenvalue weighted by Crippen LogP contribution is 2.42. The molecule has 0 atom stereocenters. The van der Waals surface area contributed by atoms with E-state index >= 15 is 0 Å². The van der Waals surface area contributed by atoms with Gasteiger partial charge in [-0.25, -0.2) is 0 Å². The van der Waals surface area contributed by atoms with Crippen LogP contribution in [0, 0.1) is 0 Å². The fourth-order valence-electron chi connectivity index (χ4n) is 4.40. The van der Waals surface area contributed by atoms with Gasteiger partial charge in [-0.15, -0.1) is 0 Å². The predicted octanol–water partition coefficient (Wildman–Crippen LogP) is 7.43. The molecule has 0 aliphatic rings. The van der Waals surface area contributed by atoms with Gasteiger partial charge in [-0.1, -0.05) is 65.8 Å². The van der Waals surface area contributed by atoms with E-state index in [2.05, 4.69) is 101 Å². The van der Waals surface area contributed by atoms with Crippen molar-refractivity contribution in [1.29, 1.82) is 0 Å². The second-order valence-electron chi connectivity index (χ2n) is 10.0. The van der Waals surface area contributed by atoms with Gasteiger partial charge >= 0.3 is 0 Å². The van der Waals surface area contributed by atoms with E-state index in [1.54, 1.807) is 0 Å². The van der Waals surface area contributed by atoms with E-state index in [1.165, 1.54) is 49.2 Å². The molecule has 2 aromatic heterocycles. The second-order valence-corrected chi connectivity index (χ2v) is 10.0. The molecular weight excluding hydrogens is 326 g/mol. The third-order valence-electron chi connectivity index (χ3n) is 6.03. The minimum absolute atomic E-state index is 0.123. The Balaban J connectivity index is 2.06. The molecule has 0 saturated heterocycles. The highest BCUT2D eigenvalue weighted by Gasteiger charge is 2.23. The highest BCUT2D eigenvalue weighted by atomic mass is 14.9. The molecule has 3 aromatic carbocycles. The lowest BCUT2D eigenvalue weighted by Crippen LogP contribution is -2.11. The van der Waals surface area contributed by atoms with Crippen molar-refractivity contribution in [2.45, 2.75) is 52.4 Å². The standard InChI is InChI=1S/C26H27N/c1-25(2,3)16-11-12-23-19(13-16)21-15-17(26(4,5)6)14-20-18-9-7-8-10-22(18)27(23)24(20)21/h7-15H,1-6H3. The number of hydrogen-bond donors (Lipinski definition) is 0. The molecule has 27 heavy (non-hydrogen) atoms. The quantitative estimate of drug-likeness (QED) is 0.273. The van der Waals surface area contributed by atoms with E-state index in [0.29, 0.717) is 0 Å². The average Bonchev–Trinajstić information content (AvgIpc) is 3.10. The molecule has 0 radical (unpaired) electrons. The van der Waals surface area contributed by atoms with Crippen molar-refractivity contribution in [3.8, 4) is 0 Å². The summed E-state index contributed by atoms with van der Waals surface area (Å²) in [7, 11) is 0. The summed E-state index contributed by atoms with van der Waals surface area (Å²) in [6.45, 7) is 13.8. The first kappa shape index (κ1) is 16.6. The van der Waals surface area contributed by atoms with Crippen LogP contribution < -0.4 is 0 Å². The summed E-state index contributed by atoms with van der Waals surface area (Å²) in [5.41, 5.74) is 7.06. The van der Waals surface area contributed by atoms with E-state index in [0.717, 1.165) is 0 Å². The molecule has 5 rings (SSSR count). The summed E-state index contributed by atoms with van der Waals surface area (Å²) in [6.07, 6.45) is 0. The average molecular weight is 354 g/mol. The lowest BCUT2D eigenvalue weighted by molar-refractivity contribution is 0.590. The van der Waals surface area contributed by atoms with Crippen LogP contribution in [0.5, 0.6) is 0 Å². The zero-order valence-electron chi connectivity index (χ0n) is 17.1. The Morgan fingerprint density at radius 3 is 1.78 bits per heavy atom. The maximum absolute atomic E-state index is 2.47. The van der Waals surface area contributed by atoms with Crippen molar-refractivity contribution >= 4 is 38.1 Å². The molecule has 1 heteroatoms. The maximum Gasteiger partial charge on any atom is 0.0620 e. The molecule has 136 valence electrons. The molecule has 0 bridgehead atoms. The number of hydrogen-bond acceptors (Lipinski definition) is 0. The third kappa shape index (κ3) is 2.24. The number of fused-ring (bicyclic) bond motifs is 6. The molecule has 0 amide bonds. The van der Waals surface area contributed by atoms with Gasteiger partial charge < -0.3 is 4.40 Å². The zero-order valence-corrected chi connectivity index (χ0v) is 17.1. The number of nitrogens with zero attached hydrogens (tertiary/aromatic N) is 1. The van der Waals surface area contributed by atoms with Gasteiger partial charge in [0, 0.05) is 21.5 Å². The Kier molecular flexibility index (Phi) is 3.10. The summed E-state index contributed by atoms with van der Waals surface area (Å²) < 4.78 is 2.47. The maximum atomic E-state index is 2.47. The highest BCUT2D eigenvalue weighted by molar-refractivity contribution is 6.23. The Morgan fingerprint density at radius 1 is 0.556 bits per heavy atom. The number of aromatic nitrogens is 1. The molecule has 0 aliphatic carbocycles. The lowest BCUT2D eigenvalue weighted by atomic mass is 9.84. The predicted molar refractivity (Wildman–Crippen MR) is 119 cm³/mol. The van der Waals surface area contributed by atoms with Crippen molar-refractivity contribution in [1.82, 2.24) is 4.40 Å². The topological polar surface area (TPSA) is 4.41 Å². The molecule has 5 aromatic rings. The number of benzene rings is 3. The summed E-state index contributed by atoms with van der Waals surface area (Å²) in [6, 6.07) is 20.7. The van der Waals surface area contributed by atoms with Gasteiger partial charge in [0.2, 0.25) is 0 Å². The molecule has 0 fully saturated rings. The van der Waals surface area contributed by atoms with Crippen molar-refractivity contribution in [3.05, 3.63) is 65.7 Å². The third-order valence-corrected chi connectivity index (χ3v) is 6.03. The largest absolute Gasteiger partial charge is 0.308 e. The molecule has 0 unspecified atom stereocenters. The molecule has 1 nitrogen and oxygen atoms in total. The van der Waals surface area contributed by atoms with Crippen molar-refractivity contribution in [2.24, 2.45) is 0 Å². The van der Waals surface area contributed by atoms with Gasteiger partial charge in [0.15, 0.2) is 0 Å². The van der Waals surface area contributed by atoms with Crippen LogP contribution in [0.25, 0.3) is 38.1 Å². The summed E-state index contributed by atoms with van der Waals surface area (Å²) in [4.78, 5) is 0. The fraction of sp³-hybridized carbons (Fsp3) is 0.308. The molecule has 2 heterocycles. The second kappa shape index (κ2) is 5.04. The van der Waals surface area contributed by atoms with E-state index < -0.39 is 0 Å². The van der Waals surface area contributed by atoms with Gasteiger partial charge in [-0.3, -0.25) is 0 Å². The Morgan fingerprint density at radius 2 is 1.11 bits per heavy atom. The SMILES string of the molecule is CC(C)(C)c1ccc2c(c1)c1cc(C(C)(C)C)cc3c4ccccc4n2c31. The molecule has 0 saturated carbocycles. The molecule has 0 spiro atoms. The smallest absolute Gasteiger partial charge is 0.0620 e. The summed E-state index contributed by atoms with van der Waals surface area (Å²) in [5, 5.41) is 5.49. The lowest BCUT2D eigenvalue weighted by Gasteiger charge is -2.20. The first-order valence-electron chi connectivity index (χ1n) is 9.89. The van der Waals surface area contributed by atoms with Crippen LogP contribution in [0.4, 0.5) is 0 Å². The van der Waals surface area contributed by atoms with Crippen molar-refractivity contribution < 1.29 is 0 Å². The van der Waals surface area contributed by atoms with Gasteiger partial charge in [-0.2, -0.15) is 0 Å². The van der Waals surface area contributed by atoms with Gasteiger partial charge in [0.25, 0.3) is 0 Å². The minimum atomic E-state index is 0.123. The first-order valence-corrected chi connectivity index (χ1v) is 9.89. The van der Waals surface area contributed by atoms with E-state index in [-0.39, 0.29) is 10.8 Å². The Bertz CT molecular complexity index is 1320. The van der Waals surface area contributed by atoms with Gasteiger partial charge in [0.1, 0.15) is 0 Å². The van der Waals surface area contributed by atoms with Crippen LogP contribution in [-0.4, -0.2) is 4.40 Å². The Labute approximate surface area is 160 Å². The molecule has 0 aliphatic heterocycles. The van der Waals surface area contributed by atoms with Crippen LogP contribution in [0.15, 0.2) is 54.6 Å².